The van der Waals surface area contributed by atoms with Crippen molar-refractivity contribution in [2.24, 2.45) is 5.92 Å². The normalized spacial score (nSPS) is 24.6. The number of hydrogen-bond donors (Lipinski definition) is 2. The SMILES string of the molecule is O=S(=O)(O)CCCC1CCNC1. The van der Waals surface area contributed by atoms with E-state index in [-0.39, 0.29) is 5.75 Å². The van der Waals surface area contributed by atoms with E-state index in [1.54, 1.807) is 0 Å². The van der Waals surface area contributed by atoms with Gasteiger partial charge in [0.2, 0.25) is 0 Å². The molecule has 4 nitrogen and oxygen atoms in total. The second kappa shape index (κ2) is 4.20. The lowest BCUT2D eigenvalue weighted by atomic mass is 10.0. The van der Waals surface area contributed by atoms with Crippen LogP contribution in [0.15, 0.2) is 0 Å². The highest BCUT2D eigenvalue weighted by atomic mass is 32.2. The predicted molar refractivity (Wildman–Crippen MR) is 46.6 cm³/mol. The molecule has 0 aromatic carbocycles. The predicted octanol–water partition coefficient (Wildman–Crippen LogP) is 0.264. The molecule has 0 aromatic rings. The third-order valence-corrected chi connectivity index (χ3v) is 2.98. The molecular formula is C7H15NO3S. The summed E-state index contributed by atoms with van der Waals surface area (Å²) in [6.07, 6.45) is 2.60. The highest BCUT2D eigenvalue weighted by molar-refractivity contribution is 7.85. The maximum Gasteiger partial charge on any atom is 0.264 e. The first-order valence-corrected chi connectivity index (χ1v) is 5.85. The van der Waals surface area contributed by atoms with Crippen LogP contribution >= 0.6 is 0 Å². The highest BCUT2D eigenvalue weighted by Gasteiger charge is 2.14. The Balaban J connectivity index is 2.09. The Morgan fingerprint density at radius 1 is 1.50 bits per heavy atom. The molecule has 1 aliphatic heterocycles. The molecule has 0 amide bonds. The average molecular weight is 193 g/mol. The molecule has 0 radical (unpaired) electrons. The van der Waals surface area contributed by atoms with Crippen molar-refractivity contribution in [2.45, 2.75) is 19.3 Å². The van der Waals surface area contributed by atoms with Gasteiger partial charge in [-0.1, -0.05) is 0 Å². The van der Waals surface area contributed by atoms with Gasteiger partial charge >= 0.3 is 0 Å². The fraction of sp³-hybridized carbons (Fsp3) is 1.00. The van der Waals surface area contributed by atoms with Crippen LogP contribution in [-0.2, 0) is 10.1 Å². The molecule has 2 N–H and O–H groups in total. The molecule has 0 spiro atoms. The highest BCUT2D eigenvalue weighted by Crippen LogP contribution is 2.14. The Morgan fingerprint density at radius 3 is 2.75 bits per heavy atom. The fourth-order valence-corrected chi connectivity index (χ4v) is 2.05. The molecule has 0 bridgehead atoms. The smallest absolute Gasteiger partial charge is 0.264 e. The quantitative estimate of drug-likeness (QED) is 0.629. The van der Waals surface area contributed by atoms with E-state index in [0.29, 0.717) is 12.3 Å². The summed E-state index contributed by atoms with van der Waals surface area (Å²) in [7, 11) is -3.74. The van der Waals surface area contributed by atoms with Crippen molar-refractivity contribution in [2.75, 3.05) is 18.8 Å². The van der Waals surface area contributed by atoms with Gasteiger partial charge in [-0.05, 0) is 38.3 Å². The van der Waals surface area contributed by atoms with Crippen LogP contribution in [0.5, 0.6) is 0 Å². The van der Waals surface area contributed by atoms with Gasteiger partial charge in [0, 0.05) is 0 Å². The van der Waals surface area contributed by atoms with E-state index < -0.39 is 10.1 Å². The van der Waals surface area contributed by atoms with E-state index in [2.05, 4.69) is 5.32 Å². The number of rotatable bonds is 4. The van der Waals surface area contributed by atoms with Gasteiger partial charge in [-0.25, -0.2) is 0 Å². The van der Waals surface area contributed by atoms with Crippen molar-refractivity contribution >= 4 is 10.1 Å². The Labute approximate surface area is 73.1 Å². The summed E-state index contributed by atoms with van der Waals surface area (Å²) in [4.78, 5) is 0. The summed E-state index contributed by atoms with van der Waals surface area (Å²) < 4.78 is 29.1. The first kappa shape index (κ1) is 9.95. The Kier molecular flexibility index (Phi) is 3.49. The molecule has 1 atom stereocenters. The summed E-state index contributed by atoms with van der Waals surface area (Å²) >= 11 is 0. The van der Waals surface area contributed by atoms with Crippen LogP contribution in [0.3, 0.4) is 0 Å². The monoisotopic (exact) mass is 193 g/mol. The van der Waals surface area contributed by atoms with E-state index >= 15 is 0 Å². The minimum atomic E-state index is -3.74. The largest absolute Gasteiger partial charge is 0.316 e. The molecule has 1 heterocycles. The maximum atomic E-state index is 10.3. The van der Waals surface area contributed by atoms with E-state index in [4.69, 9.17) is 4.55 Å². The van der Waals surface area contributed by atoms with Crippen LogP contribution in [0, 0.1) is 5.92 Å². The minimum absolute atomic E-state index is 0.0937. The lowest BCUT2D eigenvalue weighted by Gasteiger charge is -2.05. The fourth-order valence-electron chi connectivity index (χ4n) is 1.52. The molecule has 1 unspecified atom stereocenters. The van der Waals surface area contributed by atoms with Crippen LogP contribution in [0.1, 0.15) is 19.3 Å². The van der Waals surface area contributed by atoms with Crippen LogP contribution in [-0.4, -0.2) is 31.8 Å². The van der Waals surface area contributed by atoms with Crippen molar-refractivity contribution in [3.8, 4) is 0 Å². The van der Waals surface area contributed by atoms with Gasteiger partial charge in [0.25, 0.3) is 10.1 Å². The first-order valence-electron chi connectivity index (χ1n) is 4.24. The van der Waals surface area contributed by atoms with E-state index in [0.717, 1.165) is 25.9 Å². The van der Waals surface area contributed by atoms with Crippen molar-refractivity contribution in [1.29, 1.82) is 0 Å². The maximum absolute atomic E-state index is 10.3. The molecule has 0 aliphatic carbocycles. The molecule has 0 aromatic heterocycles. The second-order valence-corrected chi connectivity index (χ2v) is 4.86. The van der Waals surface area contributed by atoms with Gasteiger partial charge in [-0.15, -0.1) is 0 Å². The first-order chi connectivity index (χ1) is 5.58. The number of hydrogen-bond acceptors (Lipinski definition) is 3. The molecule has 5 heteroatoms. The summed E-state index contributed by atoms with van der Waals surface area (Å²) in [5.41, 5.74) is 0. The Hall–Kier alpha value is -0.130. The van der Waals surface area contributed by atoms with Crippen molar-refractivity contribution < 1.29 is 13.0 Å². The molecule has 12 heavy (non-hydrogen) atoms. The third-order valence-electron chi connectivity index (χ3n) is 2.18. The summed E-state index contributed by atoms with van der Waals surface area (Å²) in [6.45, 7) is 2.03. The van der Waals surface area contributed by atoms with Gasteiger partial charge in [0.15, 0.2) is 0 Å². The Bertz CT molecular complexity index is 219. The van der Waals surface area contributed by atoms with Gasteiger partial charge in [-0.2, -0.15) is 8.42 Å². The zero-order valence-electron chi connectivity index (χ0n) is 6.99. The van der Waals surface area contributed by atoms with Crippen LogP contribution in [0.25, 0.3) is 0 Å². The van der Waals surface area contributed by atoms with Gasteiger partial charge in [0.05, 0.1) is 5.75 Å². The number of nitrogens with one attached hydrogen (secondary N) is 1. The van der Waals surface area contributed by atoms with Crippen LogP contribution in [0.4, 0.5) is 0 Å². The Morgan fingerprint density at radius 2 is 2.25 bits per heavy atom. The lowest BCUT2D eigenvalue weighted by Crippen LogP contribution is -2.10. The summed E-state index contributed by atoms with van der Waals surface area (Å²) in [5, 5.41) is 3.21. The van der Waals surface area contributed by atoms with Crippen molar-refractivity contribution in [3.63, 3.8) is 0 Å². The lowest BCUT2D eigenvalue weighted by molar-refractivity contribution is 0.470. The minimum Gasteiger partial charge on any atom is -0.316 e. The average Bonchev–Trinajstić information content (AvgIpc) is 2.36. The van der Waals surface area contributed by atoms with E-state index in [1.165, 1.54) is 0 Å². The topological polar surface area (TPSA) is 66.4 Å². The molecule has 1 saturated heterocycles. The van der Waals surface area contributed by atoms with Gasteiger partial charge in [-0.3, -0.25) is 4.55 Å². The molecule has 1 aliphatic rings. The van der Waals surface area contributed by atoms with Crippen LogP contribution < -0.4 is 5.32 Å². The summed E-state index contributed by atoms with van der Waals surface area (Å²) in [5.74, 6) is 0.510. The standard InChI is InChI=1S/C7H15NO3S/c9-12(10,11)5-1-2-7-3-4-8-6-7/h7-8H,1-6H2,(H,9,10,11). The van der Waals surface area contributed by atoms with Crippen molar-refractivity contribution in [1.82, 2.24) is 5.32 Å². The van der Waals surface area contributed by atoms with Gasteiger partial charge < -0.3 is 5.32 Å². The zero-order valence-corrected chi connectivity index (χ0v) is 7.81. The molecule has 1 rings (SSSR count). The van der Waals surface area contributed by atoms with Crippen molar-refractivity contribution in [3.05, 3.63) is 0 Å². The van der Waals surface area contributed by atoms with E-state index in [9.17, 15) is 8.42 Å². The molecule has 0 saturated carbocycles. The third kappa shape index (κ3) is 4.04. The molecular weight excluding hydrogens is 178 g/mol. The molecule has 1 fully saturated rings. The summed E-state index contributed by atoms with van der Waals surface area (Å²) in [6, 6.07) is 0. The van der Waals surface area contributed by atoms with Crippen LogP contribution in [0.2, 0.25) is 0 Å². The van der Waals surface area contributed by atoms with E-state index in [1.807, 2.05) is 0 Å². The second-order valence-electron chi connectivity index (χ2n) is 3.29. The molecule has 72 valence electrons. The van der Waals surface area contributed by atoms with Gasteiger partial charge in [0.1, 0.15) is 0 Å². The zero-order chi connectivity index (χ0) is 9.03.